The minimum Gasteiger partial charge on any atom is -0.495 e. The third kappa shape index (κ3) is 2.77. The predicted molar refractivity (Wildman–Crippen MR) is 83.9 cm³/mol. The van der Waals surface area contributed by atoms with Crippen LogP contribution in [-0.2, 0) is 5.41 Å². The zero-order valence-electron chi connectivity index (χ0n) is 11.5. The number of nitrogens with zero attached hydrogens (tertiary/aromatic N) is 1. The van der Waals surface area contributed by atoms with Crippen LogP contribution >= 0.6 is 28.1 Å². The number of ether oxygens (including phenoxy) is 1. The van der Waals surface area contributed by atoms with Gasteiger partial charge in [-0.25, -0.2) is 0 Å². The summed E-state index contributed by atoms with van der Waals surface area (Å²) in [5.41, 5.74) is 2.14. The molecule has 2 aromatic rings. The fraction of sp³-hybridized carbons (Fsp3) is 0.357. The minimum absolute atomic E-state index is 0.00781. The Hall–Kier alpha value is -1.07. The number of methoxy groups -OCH3 is 1. The average Bonchev–Trinajstić information content (AvgIpc) is 2.72. The molecule has 0 aliphatic carbocycles. The first kappa shape index (κ1) is 14.3. The number of rotatable bonds is 2. The van der Waals surface area contributed by atoms with Gasteiger partial charge < -0.3 is 9.72 Å². The fourth-order valence-corrected chi connectivity index (χ4v) is 2.64. The van der Waals surface area contributed by atoms with E-state index in [0.717, 1.165) is 21.6 Å². The van der Waals surface area contributed by atoms with Crippen molar-refractivity contribution in [2.75, 3.05) is 7.11 Å². The fourth-order valence-electron chi connectivity index (χ4n) is 1.96. The van der Waals surface area contributed by atoms with Crippen LogP contribution in [0.5, 0.6) is 5.75 Å². The first-order valence-electron chi connectivity index (χ1n) is 5.99. The van der Waals surface area contributed by atoms with Gasteiger partial charge in [-0.15, -0.1) is 0 Å². The van der Waals surface area contributed by atoms with E-state index in [0.29, 0.717) is 4.77 Å². The summed E-state index contributed by atoms with van der Waals surface area (Å²) < 4.78 is 9.01. The molecule has 0 unspecified atom stereocenters. The first-order chi connectivity index (χ1) is 8.84. The van der Waals surface area contributed by atoms with Crippen LogP contribution in [-0.4, -0.2) is 16.7 Å². The monoisotopic (exact) mass is 340 g/mol. The second kappa shape index (κ2) is 5.13. The van der Waals surface area contributed by atoms with E-state index in [2.05, 4.69) is 41.7 Å². The highest BCUT2D eigenvalue weighted by atomic mass is 79.9. The normalized spacial score (nSPS) is 11.6. The van der Waals surface area contributed by atoms with E-state index >= 15 is 0 Å². The molecule has 0 saturated carbocycles. The number of imidazole rings is 1. The third-order valence-corrected chi connectivity index (χ3v) is 3.89. The Bertz CT molecular complexity index is 652. The van der Waals surface area contributed by atoms with Crippen LogP contribution in [0.2, 0.25) is 0 Å². The number of hydrogen-bond donors (Lipinski definition) is 1. The number of nitrogens with one attached hydrogen (secondary N) is 1. The quantitative estimate of drug-likeness (QED) is 0.809. The summed E-state index contributed by atoms with van der Waals surface area (Å²) in [6, 6.07) is 5.96. The van der Waals surface area contributed by atoms with E-state index in [1.54, 1.807) is 7.11 Å². The van der Waals surface area contributed by atoms with Crippen LogP contribution in [0, 0.1) is 4.77 Å². The van der Waals surface area contributed by atoms with Crippen LogP contribution in [0.15, 0.2) is 28.9 Å². The van der Waals surface area contributed by atoms with Crippen LogP contribution in [0.1, 0.15) is 26.5 Å². The molecular weight excluding hydrogens is 324 g/mol. The summed E-state index contributed by atoms with van der Waals surface area (Å²) in [7, 11) is 1.66. The Morgan fingerprint density at radius 3 is 2.58 bits per heavy atom. The van der Waals surface area contributed by atoms with Crippen molar-refractivity contribution < 1.29 is 4.74 Å². The van der Waals surface area contributed by atoms with Gasteiger partial charge in [0, 0.05) is 23.4 Å². The Morgan fingerprint density at radius 2 is 2.00 bits per heavy atom. The molecule has 0 spiro atoms. The van der Waals surface area contributed by atoms with Crippen molar-refractivity contribution in [3.63, 3.8) is 0 Å². The molecular formula is C14H17BrN2OS. The van der Waals surface area contributed by atoms with Crippen LogP contribution in [0.4, 0.5) is 0 Å². The molecule has 1 aromatic heterocycles. The summed E-state index contributed by atoms with van der Waals surface area (Å²) in [5.74, 6) is 0.792. The summed E-state index contributed by atoms with van der Waals surface area (Å²) in [4.78, 5) is 3.12. The van der Waals surface area contributed by atoms with Gasteiger partial charge in [0.05, 0.1) is 17.3 Å². The van der Waals surface area contributed by atoms with E-state index in [4.69, 9.17) is 17.0 Å². The number of halogens is 1. The highest BCUT2D eigenvalue weighted by Gasteiger charge is 2.20. The van der Waals surface area contributed by atoms with Crippen molar-refractivity contribution in [1.29, 1.82) is 0 Å². The van der Waals surface area contributed by atoms with Crippen LogP contribution in [0.3, 0.4) is 0 Å². The summed E-state index contributed by atoms with van der Waals surface area (Å²) >= 11 is 8.85. The molecule has 0 saturated heterocycles. The average molecular weight is 341 g/mol. The number of aromatic amines is 1. The van der Waals surface area contributed by atoms with E-state index in [1.807, 2.05) is 29.0 Å². The topological polar surface area (TPSA) is 29.9 Å². The molecule has 0 aliphatic rings. The number of H-pyrrole nitrogens is 1. The highest BCUT2D eigenvalue weighted by Crippen LogP contribution is 2.30. The molecule has 2 rings (SSSR count). The Kier molecular flexibility index (Phi) is 3.87. The van der Waals surface area contributed by atoms with Gasteiger partial charge in [-0.05, 0) is 40.3 Å². The lowest BCUT2D eigenvalue weighted by atomic mass is 9.92. The lowest BCUT2D eigenvalue weighted by molar-refractivity contribution is 0.412. The van der Waals surface area contributed by atoms with Gasteiger partial charge in [0.2, 0.25) is 0 Å². The second-order valence-electron chi connectivity index (χ2n) is 5.38. The third-order valence-electron chi connectivity index (χ3n) is 2.94. The van der Waals surface area contributed by atoms with E-state index < -0.39 is 0 Å². The predicted octanol–water partition coefficient (Wildman–Crippen LogP) is 4.60. The summed E-state index contributed by atoms with van der Waals surface area (Å²) in [6.45, 7) is 6.49. The van der Waals surface area contributed by atoms with Crippen molar-refractivity contribution in [2.45, 2.75) is 26.2 Å². The van der Waals surface area contributed by atoms with Gasteiger partial charge in [0.25, 0.3) is 0 Å². The van der Waals surface area contributed by atoms with Crippen molar-refractivity contribution in [3.8, 4) is 11.4 Å². The number of aromatic nitrogens is 2. The molecule has 1 heterocycles. The molecule has 0 bridgehead atoms. The zero-order valence-corrected chi connectivity index (χ0v) is 13.9. The van der Waals surface area contributed by atoms with Crippen molar-refractivity contribution in [3.05, 3.63) is 39.3 Å². The molecule has 3 nitrogen and oxygen atoms in total. The van der Waals surface area contributed by atoms with Gasteiger partial charge in [-0.1, -0.05) is 20.8 Å². The molecule has 1 aromatic carbocycles. The molecule has 0 aliphatic heterocycles. The number of benzene rings is 1. The lowest BCUT2D eigenvalue weighted by Crippen LogP contribution is -2.16. The molecule has 0 amide bonds. The van der Waals surface area contributed by atoms with Crippen LogP contribution in [0.25, 0.3) is 5.69 Å². The molecule has 19 heavy (non-hydrogen) atoms. The molecule has 1 N–H and O–H groups in total. The Morgan fingerprint density at radius 1 is 1.32 bits per heavy atom. The molecule has 5 heteroatoms. The largest absolute Gasteiger partial charge is 0.495 e. The Balaban J connectivity index is 2.66. The van der Waals surface area contributed by atoms with Gasteiger partial charge in [0.1, 0.15) is 5.75 Å². The van der Waals surface area contributed by atoms with E-state index in [1.165, 1.54) is 0 Å². The Labute approximate surface area is 126 Å². The van der Waals surface area contributed by atoms with Crippen molar-refractivity contribution >= 4 is 28.1 Å². The maximum absolute atomic E-state index is 5.39. The van der Waals surface area contributed by atoms with E-state index in [-0.39, 0.29) is 5.41 Å². The second-order valence-corrected chi connectivity index (χ2v) is 6.62. The van der Waals surface area contributed by atoms with Gasteiger partial charge in [-0.3, -0.25) is 4.57 Å². The first-order valence-corrected chi connectivity index (χ1v) is 7.19. The zero-order chi connectivity index (χ0) is 14.2. The summed E-state index contributed by atoms with van der Waals surface area (Å²) in [6.07, 6.45) is 1.97. The molecule has 102 valence electrons. The SMILES string of the molecule is COc1cc(-n2c(C(C)(C)C)c[nH]c2=S)ccc1Br. The standard InChI is InChI=1S/C14H17BrN2OS/c1-14(2,3)12-8-16-13(19)17(12)9-5-6-10(15)11(7-9)18-4/h5-8H,1-4H3,(H,16,19). The van der Waals surface area contributed by atoms with Gasteiger partial charge >= 0.3 is 0 Å². The van der Waals surface area contributed by atoms with E-state index in [9.17, 15) is 0 Å². The maximum atomic E-state index is 5.39. The smallest absolute Gasteiger partial charge is 0.182 e. The lowest BCUT2D eigenvalue weighted by Gasteiger charge is -2.21. The number of hydrogen-bond acceptors (Lipinski definition) is 2. The molecule has 0 fully saturated rings. The van der Waals surface area contributed by atoms with Crippen molar-refractivity contribution in [1.82, 2.24) is 9.55 Å². The maximum Gasteiger partial charge on any atom is 0.182 e. The van der Waals surface area contributed by atoms with Crippen LogP contribution < -0.4 is 4.74 Å². The van der Waals surface area contributed by atoms with Crippen molar-refractivity contribution in [2.24, 2.45) is 0 Å². The summed E-state index contributed by atoms with van der Waals surface area (Å²) in [5, 5.41) is 0. The van der Waals surface area contributed by atoms with Gasteiger partial charge in [-0.2, -0.15) is 0 Å². The van der Waals surface area contributed by atoms with Gasteiger partial charge in [0.15, 0.2) is 4.77 Å². The minimum atomic E-state index is 0.00781. The highest BCUT2D eigenvalue weighted by molar-refractivity contribution is 9.10. The molecule has 0 atom stereocenters. The molecule has 0 radical (unpaired) electrons.